The zero-order valence-corrected chi connectivity index (χ0v) is 15.5. The molecule has 1 atom stereocenters. The monoisotopic (exact) mass is 382 g/mol. The van der Waals surface area contributed by atoms with Crippen LogP contribution < -0.4 is 10.5 Å². The Labute approximate surface area is 158 Å². The molecule has 2 aromatic rings. The molecule has 2 fully saturated rings. The summed E-state index contributed by atoms with van der Waals surface area (Å²) in [6.07, 6.45) is 12.2. The second-order valence-corrected chi connectivity index (χ2v) is 6.63. The molecule has 5 nitrogen and oxygen atoms in total. The average Bonchev–Trinajstić information content (AvgIpc) is 3.35. The first-order chi connectivity index (χ1) is 13.1. The molecule has 27 heavy (non-hydrogen) atoms. The van der Waals surface area contributed by atoms with Gasteiger partial charge in [0.05, 0.1) is 0 Å². The first-order valence-electron chi connectivity index (χ1n) is 9.49. The number of benzene rings is 1. The molecule has 4 rings (SSSR count). The first-order valence-corrected chi connectivity index (χ1v) is 9.49. The number of nitrogens with one attached hydrogen (secondary N) is 1. The standard InChI is InChI=1S/C9H7F2NO.C6H12.C5H9NO2/c10-9(11)13-7-1-2-8-6(5-7)3-4-12-8;1-2-4-6-5-3-1;6-5(7)4-2-1-3-8-4/h1-5,9,12H;1-6H2;4H,1-3H2,(H2,6,7)/t;;4-/m..0/s1. The molecular formula is C20H28F2N2O3. The normalized spacial score (nSPS) is 19.0. The van der Waals surface area contributed by atoms with E-state index in [4.69, 9.17) is 10.5 Å². The van der Waals surface area contributed by atoms with Gasteiger partial charge in [0.1, 0.15) is 11.9 Å². The zero-order chi connectivity index (χ0) is 19.5. The van der Waals surface area contributed by atoms with Crippen LogP contribution >= 0.6 is 0 Å². The van der Waals surface area contributed by atoms with Gasteiger partial charge in [0.15, 0.2) is 0 Å². The lowest BCUT2D eigenvalue weighted by Crippen LogP contribution is -2.27. The summed E-state index contributed by atoms with van der Waals surface area (Å²) in [7, 11) is 0. The van der Waals surface area contributed by atoms with Crippen LogP contribution in [0, 0.1) is 0 Å². The summed E-state index contributed by atoms with van der Waals surface area (Å²) in [5.74, 6) is -0.149. The van der Waals surface area contributed by atoms with E-state index in [0.717, 1.165) is 23.7 Å². The quantitative estimate of drug-likeness (QED) is 0.803. The highest BCUT2D eigenvalue weighted by atomic mass is 19.3. The van der Waals surface area contributed by atoms with Crippen LogP contribution in [0.1, 0.15) is 51.4 Å². The Morgan fingerprint density at radius 2 is 1.78 bits per heavy atom. The van der Waals surface area contributed by atoms with E-state index in [0.29, 0.717) is 6.61 Å². The third kappa shape index (κ3) is 7.95. The Morgan fingerprint density at radius 3 is 2.26 bits per heavy atom. The van der Waals surface area contributed by atoms with Gasteiger partial charge in [-0.2, -0.15) is 8.78 Å². The zero-order valence-electron chi connectivity index (χ0n) is 15.5. The topological polar surface area (TPSA) is 77.3 Å². The number of amides is 1. The summed E-state index contributed by atoms with van der Waals surface area (Å²) in [5.41, 5.74) is 5.84. The van der Waals surface area contributed by atoms with E-state index in [2.05, 4.69) is 9.72 Å². The summed E-state index contributed by atoms with van der Waals surface area (Å²) < 4.78 is 32.8. The number of ether oxygens (including phenoxy) is 2. The average molecular weight is 382 g/mol. The van der Waals surface area contributed by atoms with Crippen LogP contribution in [0.2, 0.25) is 0 Å². The Kier molecular flexibility index (Phi) is 9.04. The maximum atomic E-state index is 11.8. The number of nitrogens with two attached hydrogens (primary N) is 1. The van der Waals surface area contributed by atoms with Crippen molar-refractivity contribution >= 4 is 16.8 Å². The minimum Gasteiger partial charge on any atom is -0.435 e. The number of hydrogen-bond donors (Lipinski definition) is 2. The summed E-state index contributed by atoms with van der Waals surface area (Å²) in [5, 5.41) is 0.859. The second-order valence-electron chi connectivity index (χ2n) is 6.63. The van der Waals surface area contributed by atoms with Crippen molar-refractivity contribution in [3.63, 3.8) is 0 Å². The van der Waals surface area contributed by atoms with Crippen LogP contribution in [0.4, 0.5) is 8.78 Å². The molecule has 1 aliphatic heterocycles. The van der Waals surface area contributed by atoms with Gasteiger partial charge in [0, 0.05) is 23.7 Å². The Morgan fingerprint density at radius 1 is 1.11 bits per heavy atom. The van der Waals surface area contributed by atoms with Gasteiger partial charge in [-0.15, -0.1) is 0 Å². The molecule has 1 aliphatic carbocycles. The van der Waals surface area contributed by atoms with Crippen molar-refractivity contribution in [1.82, 2.24) is 4.98 Å². The molecule has 0 bridgehead atoms. The lowest BCUT2D eigenvalue weighted by molar-refractivity contribution is -0.126. The Bertz CT molecular complexity index is 669. The number of halogens is 2. The largest absolute Gasteiger partial charge is 0.435 e. The van der Waals surface area contributed by atoms with Crippen molar-refractivity contribution in [3.05, 3.63) is 30.5 Å². The highest BCUT2D eigenvalue weighted by molar-refractivity contribution is 5.80. The van der Waals surface area contributed by atoms with Crippen LogP contribution in [0.25, 0.3) is 10.9 Å². The van der Waals surface area contributed by atoms with Gasteiger partial charge in [0.25, 0.3) is 0 Å². The molecule has 2 heterocycles. The Balaban J connectivity index is 0.000000159. The summed E-state index contributed by atoms with van der Waals surface area (Å²) in [6.45, 7) is -2.08. The molecule has 0 spiro atoms. The molecule has 1 saturated carbocycles. The lowest BCUT2D eigenvalue weighted by Gasteiger charge is -2.05. The van der Waals surface area contributed by atoms with E-state index in [9.17, 15) is 13.6 Å². The molecule has 2 aliphatic rings. The summed E-state index contributed by atoms with van der Waals surface area (Å²) in [4.78, 5) is 13.3. The van der Waals surface area contributed by atoms with Gasteiger partial charge >= 0.3 is 6.61 Å². The van der Waals surface area contributed by atoms with E-state index in [1.54, 1.807) is 24.4 Å². The van der Waals surface area contributed by atoms with Gasteiger partial charge in [-0.05, 0) is 37.1 Å². The molecule has 150 valence electrons. The number of H-pyrrole nitrogens is 1. The maximum Gasteiger partial charge on any atom is 0.387 e. The third-order valence-corrected chi connectivity index (χ3v) is 4.50. The van der Waals surface area contributed by atoms with E-state index in [-0.39, 0.29) is 17.8 Å². The molecule has 3 N–H and O–H groups in total. The predicted octanol–water partition coefficient (Wildman–Crippen LogP) is 4.76. The smallest absolute Gasteiger partial charge is 0.387 e. The number of carbonyl (C=O) groups excluding carboxylic acids is 1. The van der Waals surface area contributed by atoms with Crippen LogP contribution in [-0.2, 0) is 9.53 Å². The minimum absolute atomic E-state index is 0.183. The minimum atomic E-state index is -2.77. The van der Waals surface area contributed by atoms with E-state index in [1.165, 1.54) is 44.6 Å². The summed E-state index contributed by atoms with van der Waals surface area (Å²) in [6, 6.07) is 6.57. The number of hydrogen-bond acceptors (Lipinski definition) is 3. The molecule has 1 aromatic carbocycles. The number of carbonyl (C=O) groups is 1. The fraction of sp³-hybridized carbons (Fsp3) is 0.550. The van der Waals surface area contributed by atoms with Crippen LogP contribution in [0.5, 0.6) is 5.75 Å². The highest BCUT2D eigenvalue weighted by Gasteiger charge is 2.20. The van der Waals surface area contributed by atoms with Crippen LogP contribution in [0.3, 0.4) is 0 Å². The van der Waals surface area contributed by atoms with Gasteiger partial charge < -0.3 is 20.2 Å². The second kappa shape index (κ2) is 11.5. The predicted molar refractivity (Wildman–Crippen MR) is 101 cm³/mol. The number of alkyl halides is 2. The third-order valence-electron chi connectivity index (χ3n) is 4.50. The lowest BCUT2D eigenvalue weighted by atomic mass is 10.0. The van der Waals surface area contributed by atoms with Gasteiger partial charge in [-0.25, -0.2) is 0 Å². The number of primary amides is 1. The molecule has 7 heteroatoms. The number of aromatic amines is 1. The van der Waals surface area contributed by atoms with Gasteiger partial charge in [-0.1, -0.05) is 38.5 Å². The number of fused-ring (bicyclic) bond motifs is 1. The molecule has 1 aromatic heterocycles. The molecule has 1 saturated heterocycles. The summed E-state index contributed by atoms with van der Waals surface area (Å²) >= 11 is 0. The van der Waals surface area contributed by atoms with Crippen molar-refractivity contribution in [2.24, 2.45) is 5.73 Å². The van der Waals surface area contributed by atoms with Crippen molar-refractivity contribution < 1.29 is 23.0 Å². The van der Waals surface area contributed by atoms with E-state index >= 15 is 0 Å². The molecule has 0 unspecified atom stereocenters. The van der Waals surface area contributed by atoms with Crippen molar-refractivity contribution in [2.45, 2.75) is 64.1 Å². The van der Waals surface area contributed by atoms with E-state index < -0.39 is 6.61 Å². The maximum absolute atomic E-state index is 11.8. The molecular weight excluding hydrogens is 354 g/mol. The van der Waals surface area contributed by atoms with Crippen molar-refractivity contribution in [2.75, 3.05) is 6.61 Å². The molecule has 0 radical (unpaired) electrons. The fourth-order valence-electron chi connectivity index (χ4n) is 3.07. The Hall–Kier alpha value is -2.15. The van der Waals surface area contributed by atoms with Crippen molar-refractivity contribution in [1.29, 1.82) is 0 Å². The van der Waals surface area contributed by atoms with Gasteiger partial charge in [0.2, 0.25) is 5.91 Å². The van der Waals surface area contributed by atoms with Crippen LogP contribution in [0.15, 0.2) is 30.5 Å². The first kappa shape index (κ1) is 21.2. The van der Waals surface area contributed by atoms with E-state index in [1.807, 2.05) is 0 Å². The fourth-order valence-corrected chi connectivity index (χ4v) is 3.07. The SMILES string of the molecule is C1CCCCC1.FC(F)Oc1ccc2[nH]ccc2c1.NC(=O)[C@@H]1CCCO1. The molecule has 1 amide bonds. The number of aromatic nitrogens is 1. The van der Waals surface area contributed by atoms with Gasteiger partial charge in [-0.3, -0.25) is 4.79 Å². The highest BCUT2D eigenvalue weighted by Crippen LogP contribution is 2.21. The van der Waals surface area contributed by atoms with Crippen LogP contribution in [-0.4, -0.2) is 30.2 Å². The number of rotatable bonds is 3. The van der Waals surface area contributed by atoms with Crippen molar-refractivity contribution in [3.8, 4) is 5.75 Å².